The molecule has 1 aromatic carbocycles. The number of nitrogens with one attached hydrogen (secondary N) is 2. The average Bonchev–Trinajstić information content (AvgIpc) is 2.53. The zero-order chi connectivity index (χ0) is 15.9. The van der Waals surface area contributed by atoms with Crippen LogP contribution in [0, 0.1) is 0 Å². The van der Waals surface area contributed by atoms with Crippen LogP contribution in [0.4, 0.5) is 11.5 Å². The van der Waals surface area contributed by atoms with Crippen molar-refractivity contribution in [2.75, 3.05) is 11.9 Å². The van der Waals surface area contributed by atoms with E-state index in [4.69, 9.17) is 23.2 Å². The van der Waals surface area contributed by atoms with Gasteiger partial charge in [-0.25, -0.2) is 9.97 Å². The van der Waals surface area contributed by atoms with Crippen molar-refractivity contribution in [1.29, 1.82) is 0 Å². The van der Waals surface area contributed by atoms with Gasteiger partial charge in [-0.05, 0) is 18.6 Å². The molecule has 0 spiro atoms. The van der Waals surface area contributed by atoms with Crippen molar-refractivity contribution >= 4 is 40.6 Å². The Morgan fingerprint density at radius 1 is 1.23 bits per heavy atom. The number of unbranched alkanes of at least 4 members (excludes halogenated alkanes) is 1. The van der Waals surface area contributed by atoms with E-state index in [0.717, 1.165) is 12.8 Å². The molecule has 0 radical (unpaired) electrons. The summed E-state index contributed by atoms with van der Waals surface area (Å²) in [7, 11) is 0. The van der Waals surface area contributed by atoms with E-state index >= 15 is 0 Å². The Kier molecular flexibility index (Phi) is 5.98. The molecule has 7 heteroatoms. The zero-order valence-electron chi connectivity index (χ0n) is 12.1. The highest BCUT2D eigenvalue weighted by Crippen LogP contribution is 2.30. The lowest BCUT2D eigenvalue weighted by molar-refractivity contribution is 0.0948. The first-order chi connectivity index (χ1) is 10.6. The van der Waals surface area contributed by atoms with Crippen molar-refractivity contribution < 1.29 is 4.79 Å². The molecular weight excluding hydrogens is 323 g/mol. The average molecular weight is 339 g/mol. The lowest BCUT2D eigenvalue weighted by Gasteiger charge is -2.08. The predicted molar refractivity (Wildman–Crippen MR) is 89.0 cm³/mol. The summed E-state index contributed by atoms with van der Waals surface area (Å²) < 4.78 is 0. The van der Waals surface area contributed by atoms with Crippen molar-refractivity contribution in [3.05, 3.63) is 46.3 Å². The second kappa shape index (κ2) is 7.96. The van der Waals surface area contributed by atoms with Gasteiger partial charge in [0.1, 0.15) is 11.5 Å². The summed E-state index contributed by atoms with van der Waals surface area (Å²) in [5, 5.41) is 6.66. The number of amides is 1. The van der Waals surface area contributed by atoms with E-state index in [1.807, 2.05) is 0 Å². The molecule has 22 heavy (non-hydrogen) atoms. The van der Waals surface area contributed by atoms with Crippen molar-refractivity contribution in [2.45, 2.75) is 19.8 Å². The number of rotatable bonds is 6. The molecule has 2 aromatic rings. The van der Waals surface area contributed by atoms with Gasteiger partial charge in [-0.15, -0.1) is 0 Å². The second-order valence-corrected chi connectivity index (χ2v) is 5.41. The number of carbonyl (C=O) groups excluding carboxylic acids is 1. The van der Waals surface area contributed by atoms with E-state index < -0.39 is 0 Å². The molecular formula is C15H16Cl2N4O. The largest absolute Gasteiger partial charge is 0.351 e. The van der Waals surface area contributed by atoms with Gasteiger partial charge in [-0.3, -0.25) is 4.79 Å². The van der Waals surface area contributed by atoms with Crippen LogP contribution in [-0.4, -0.2) is 22.4 Å². The molecule has 1 aromatic heterocycles. The molecule has 0 bridgehead atoms. The molecule has 1 heterocycles. The van der Waals surface area contributed by atoms with E-state index in [2.05, 4.69) is 27.5 Å². The number of carbonyl (C=O) groups is 1. The first-order valence-electron chi connectivity index (χ1n) is 6.93. The number of nitrogens with zero attached hydrogens (tertiary/aromatic N) is 2. The smallest absolute Gasteiger partial charge is 0.271 e. The fourth-order valence-corrected chi connectivity index (χ4v) is 2.07. The number of hydrogen-bond donors (Lipinski definition) is 2. The number of halogens is 2. The van der Waals surface area contributed by atoms with Crippen LogP contribution >= 0.6 is 23.2 Å². The summed E-state index contributed by atoms with van der Waals surface area (Å²) in [5.41, 5.74) is 0.905. The summed E-state index contributed by atoms with van der Waals surface area (Å²) in [6, 6.07) is 5.26. The second-order valence-electron chi connectivity index (χ2n) is 4.62. The van der Waals surface area contributed by atoms with Gasteiger partial charge in [0, 0.05) is 6.54 Å². The highest BCUT2D eigenvalue weighted by atomic mass is 35.5. The summed E-state index contributed by atoms with van der Waals surface area (Å²) in [4.78, 5) is 20.1. The maximum Gasteiger partial charge on any atom is 0.271 e. The first kappa shape index (κ1) is 16.5. The SMILES string of the molecule is CCCCNC(=O)c1cnc(Nc2cccc(Cl)c2Cl)cn1. The van der Waals surface area contributed by atoms with Gasteiger partial charge in [0.15, 0.2) is 0 Å². The van der Waals surface area contributed by atoms with E-state index in [0.29, 0.717) is 28.1 Å². The molecule has 0 aliphatic carbocycles. The Morgan fingerprint density at radius 2 is 2.05 bits per heavy atom. The number of hydrogen-bond acceptors (Lipinski definition) is 4. The van der Waals surface area contributed by atoms with Gasteiger partial charge < -0.3 is 10.6 Å². The maximum absolute atomic E-state index is 11.8. The van der Waals surface area contributed by atoms with Crippen LogP contribution in [0.25, 0.3) is 0 Å². The fraction of sp³-hybridized carbons (Fsp3) is 0.267. The molecule has 0 atom stereocenters. The third-order valence-corrected chi connectivity index (χ3v) is 3.73. The quantitative estimate of drug-likeness (QED) is 0.779. The van der Waals surface area contributed by atoms with Gasteiger partial charge in [0.2, 0.25) is 0 Å². The van der Waals surface area contributed by atoms with Crippen molar-refractivity contribution in [2.24, 2.45) is 0 Å². The van der Waals surface area contributed by atoms with Crippen molar-refractivity contribution in [3.63, 3.8) is 0 Å². The van der Waals surface area contributed by atoms with Crippen LogP contribution in [0.2, 0.25) is 10.0 Å². The first-order valence-corrected chi connectivity index (χ1v) is 7.68. The predicted octanol–water partition coefficient (Wildman–Crippen LogP) is 4.06. The molecule has 1 amide bonds. The topological polar surface area (TPSA) is 66.9 Å². The number of benzene rings is 1. The van der Waals surface area contributed by atoms with Gasteiger partial charge >= 0.3 is 0 Å². The van der Waals surface area contributed by atoms with Gasteiger partial charge in [0.25, 0.3) is 5.91 Å². The molecule has 116 valence electrons. The highest BCUT2D eigenvalue weighted by Gasteiger charge is 2.09. The highest BCUT2D eigenvalue weighted by molar-refractivity contribution is 6.43. The van der Waals surface area contributed by atoms with E-state index in [1.54, 1.807) is 18.2 Å². The Labute approximate surface area is 139 Å². The van der Waals surface area contributed by atoms with E-state index in [1.165, 1.54) is 12.4 Å². The normalized spacial score (nSPS) is 10.3. The molecule has 2 N–H and O–H groups in total. The minimum atomic E-state index is -0.228. The summed E-state index contributed by atoms with van der Waals surface area (Å²) in [6.07, 6.45) is 4.86. The maximum atomic E-state index is 11.8. The van der Waals surface area contributed by atoms with E-state index in [-0.39, 0.29) is 11.6 Å². The fourth-order valence-electron chi connectivity index (χ4n) is 1.72. The third kappa shape index (κ3) is 4.32. The third-order valence-electron chi connectivity index (χ3n) is 2.91. The Morgan fingerprint density at radius 3 is 2.73 bits per heavy atom. The van der Waals surface area contributed by atoms with Crippen LogP contribution < -0.4 is 10.6 Å². The Hall–Kier alpha value is -1.85. The standard InChI is InChI=1S/C15H16Cl2N4O/c1-2-3-7-18-15(22)12-8-20-13(9-19-12)21-11-6-4-5-10(16)14(11)17/h4-6,8-9H,2-3,7H2,1H3,(H,18,22)(H,20,21). The molecule has 0 fully saturated rings. The molecule has 0 saturated carbocycles. The Balaban J connectivity index is 2.03. The van der Waals surface area contributed by atoms with Gasteiger partial charge in [-0.1, -0.05) is 42.6 Å². The molecule has 2 rings (SSSR count). The minimum Gasteiger partial charge on any atom is -0.351 e. The number of anilines is 2. The molecule has 0 unspecified atom stereocenters. The molecule has 0 aliphatic heterocycles. The van der Waals surface area contributed by atoms with Crippen LogP contribution in [-0.2, 0) is 0 Å². The van der Waals surface area contributed by atoms with Gasteiger partial charge in [0.05, 0.1) is 28.1 Å². The van der Waals surface area contributed by atoms with Gasteiger partial charge in [-0.2, -0.15) is 0 Å². The number of aromatic nitrogens is 2. The van der Waals surface area contributed by atoms with Crippen LogP contribution in [0.1, 0.15) is 30.3 Å². The van der Waals surface area contributed by atoms with Crippen molar-refractivity contribution in [1.82, 2.24) is 15.3 Å². The zero-order valence-corrected chi connectivity index (χ0v) is 13.6. The van der Waals surface area contributed by atoms with Crippen LogP contribution in [0.3, 0.4) is 0 Å². The lowest BCUT2D eigenvalue weighted by Crippen LogP contribution is -2.25. The monoisotopic (exact) mass is 338 g/mol. The lowest BCUT2D eigenvalue weighted by atomic mass is 10.3. The van der Waals surface area contributed by atoms with Crippen LogP contribution in [0.5, 0.6) is 0 Å². The molecule has 0 aliphatic rings. The molecule has 5 nitrogen and oxygen atoms in total. The summed E-state index contributed by atoms with van der Waals surface area (Å²) in [6.45, 7) is 2.70. The molecule has 0 saturated heterocycles. The minimum absolute atomic E-state index is 0.228. The van der Waals surface area contributed by atoms with E-state index in [9.17, 15) is 4.79 Å². The summed E-state index contributed by atoms with van der Waals surface area (Å²) >= 11 is 12.0. The van der Waals surface area contributed by atoms with Crippen LogP contribution in [0.15, 0.2) is 30.6 Å². The Bertz CT molecular complexity index is 646. The van der Waals surface area contributed by atoms with Crippen molar-refractivity contribution in [3.8, 4) is 0 Å². The summed E-state index contributed by atoms with van der Waals surface area (Å²) in [5.74, 6) is 0.252.